The van der Waals surface area contributed by atoms with Crippen LogP contribution in [0.3, 0.4) is 0 Å². The first kappa shape index (κ1) is 17.2. The van der Waals surface area contributed by atoms with Crippen molar-refractivity contribution in [1.82, 2.24) is 5.32 Å². The van der Waals surface area contributed by atoms with E-state index in [1.165, 1.54) is 23.1 Å². The number of halogens is 3. The van der Waals surface area contributed by atoms with Crippen molar-refractivity contribution in [3.05, 3.63) is 70.9 Å². The van der Waals surface area contributed by atoms with E-state index in [0.29, 0.717) is 11.3 Å². The number of carbonyl (C=O) groups excluding carboxylic acids is 1. The standard InChI is InChI=1S/C18H13F3N2OS/c1-11-4-2-3-5-15(11)23-16(24)14(22-17(23)25)10-12-6-8-13(9-7-12)18(19,20)21/h2-10H,1H3,(H,22,25)/b14-10+. The Morgan fingerprint density at radius 1 is 1.08 bits per heavy atom. The van der Waals surface area contributed by atoms with E-state index in [-0.39, 0.29) is 16.7 Å². The molecule has 1 heterocycles. The number of thiocarbonyl (C=S) groups is 1. The number of carbonyl (C=O) groups is 1. The summed E-state index contributed by atoms with van der Waals surface area (Å²) in [6.45, 7) is 1.86. The Hall–Kier alpha value is -2.67. The zero-order valence-corrected chi connectivity index (χ0v) is 13.9. The van der Waals surface area contributed by atoms with E-state index < -0.39 is 11.7 Å². The van der Waals surface area contributed by atoms with Gasteiger partial charge in [0.05, 0.1) is 11.3 Å². The topological polar surface area (TPSA) is 32.3 Å². The lowest BCUT2D eigenvalue weighted by Crippen LogP contribution is -2.30. The molecule has 0 radical (unpaired) electrons. The van der Waals surface area contributed by atoms with Gasteiger partial charge in [0.1, 0.15) is 5.70 Å². The summed E-state index contributed by atoms with van der Waals surface area (Å²) in [7, 11) is 0. The Morgan fingerprint density at radius 2 is 1.72 bits per heavy atom. The minimum absolute atomic E-state index is 0.216. The Labute approximate surface area is 147 Å². The van der Waals surface area contributed by atoms with E-state index in [1.807, 2.05) is 19.1 Å². The number of hydrogen-bond donors (Lipinski definition) is 1. The van der Waals surface area contributed by atoms with Gasteiger partial charge in [-0.3, -0.25) is 9.69 Å². The summed E-state index contributed by atoms with van der Waals surface area (Å²) < 4.78 is 37.8. The molecule has 0 bridgehead atoms. The van der Waals surface area contributed by atoms with Gasteiger partial charge in [-0.15, -0.1) is 0 Å². The molecular weight excluding hydrogens is 349 g/mol. The molecule has 0 aromatic heterocycles. The number of nitrogens with zero attached hydrogens (tertiary/aromatic N) is 1. The number of alkyl halides is 3. The van der Waals surface area contributed by atoms with Crippen LogP contribution in [0.25, 0.3) is 6.08 Å². The molecule has 2 aromatic carbocycles. The smallest absolute Gasteiger partial charge is 0.327 e. The van der Waals surface area contributed by atoms with Crippen molar-refractivity contribution >= 4 is 35.0 Å². The fourth-order valence-electron chi connectivity index (χ4n) is 2.50. The Morgan fingerprint density at radius 3 is 2.32 bits per heavy atom. The Bertz CT molecular complexity index is 873. The van der Waals surface area contributed by atoms with Crippen LogP contribution >= 0.6 is 12.2 Å². The number of rotatable bonds is 2. The van der Waals surface area contributed by atoms with E-state index in [4.69, 9.17) is 12.2 Å². The van der Waals surface area contributed by atoms with Gasteiger partial charge in [-0.2, -0.15) is 13.2 Å². The second kappa shape index (κ2) is 6.33. The predicted octanol–water partition coefficient (Wildman–Crippen LogP) is 4.28. The average Bonchev–Trinajstić information content (AvgIpc) is 2.82. The lowest BCUT2D eigenvalue weighted by atomic mass is 10.1. The van der Waals surface area contributed by atoms with Crippen molar-refractivity contribution in [3.63, 3.8) is 0 Å². The summed E-state index contributed by atoms with van der Waals surface area (Å²) >= 11 is 5.23. The first-order valence-corrected chi connectivity index (χ1v) is 7.78. The quantitative estimate of drug-likeness (QED) is 0.639. The largest absolute Gasteiger partial charge is 0.416 e. The molecule has 1 amide bonds. The van der Waals surface area contributed by atoms with Gasteiger partial charge >= 0.3 is 6.18 Å². The molecule has 1 N–H and O–H groups in total. The summed E-state index contributed by atoms with van der Waals surface area (Å²) in [5.41, 5.74) is 1.50. The minimum Gasteiger partial charge on any atom is -0.327 e. The summed E-state index contributed by atoms with van der Waals surface area (Å²) in [6, 6.07) is 11.9. The van der Waals surface area contributed by atoms with E-state index in [0.717, 1.165) is 17.7 Å². The Balaban J connectivity index is 1.89. The van der Waals surface area contributed by atoms with Crippen molar-refractivity contribution < 1.29 is 18.0 Å². The molecule has 0 spiro atoms. The fourth-order valence-corrected chi connectivity index (χ4v) is 2.79. The van der Waals surface area contributed by atoms with Gasteiger partial charge in [-0.1, -0.05) is 30.3 Å². The Kier molecular flexibility index (Phi) is 4.34. The number of para-hydroxylation sites is 1. The fraction of sp³-hybridized carbons (Fsp3) is 0.111. The van der Waals surface area contributed by atoms with Gasteiger partial charge in [-0.05, 0) is 54.5 Å². The molecule has 0 unspecified atom stereocenters. The lowest BCUT2D eigenvalue weighted by Gasteiger charge is -2.16. The van der Waals surface area contributed by atoms with Crippen molar-refractivity contribution in [3.8, 4) is 0 Å². The van der Waals surface area contributed by atoms with E-state index in [1.54, 1.807) is 12.1 Å². The van der Waals surface area contributed by atoms with Crippen LogP contribution in [-0.4, -0.2) is 11.0 Å². The third kappa shape index (κ3) is 3.41. The van der Waals surface area contributed by atoms with Crippen LogP contribution in [0, 0.1) is 6.92 Å². The van der Waals surface area contributed by atoms with Crippen molar-refractivity contribution in [2.45, 2.75) is 13.1 Å². The maximum absolute atomic E-state index is 12.6. The lowest BCUT2D eigenvalue weighted by molar-refractivity contribution is -0.137. The van der Waals surface area contributed by atoms with Crippen LogP contribution in [0.15, 0.2) is 54.2 Å². The molecule has 1 fully saturated rings. The molecule has 0 atom stereocenters. The van der Waals surface area contributed by atoms with Crippen LogP contribution < -0.4 is 10.2 Å². The van der Waals surface area contributed by atoms with Crippen molar-refractivity contribution in [2.75, 3.05) is 4.90 Å². The van der Waals surface area contributed by atoms with Crippen LogP contribution in [0.5, 0.6) is 0 Å². The summed E-state index contributed by atoms with van der Waals surface area (Å²) in [5.74, 6) is -0.348. The highest BCUT2D eigenvalue weighted by atomic mass is 32.1. The third-order valence-corrected chi connectivity index (χ3v) is 4.07. The van der Waals surface area contributed by atoms with Gasteiger partial charge in [0.25, 0.3) is 5.91 Å². The van der Waals surface area contributed by atoms with Crippen LogP contribution in [-0.2, 0) is 11.0 Å². The number of anilines is 1. The minimum atomic E-state index is -4.39. The molecule has 3 rings (SSSR count). The van der Waals surface area contributed by atoms with Gasteiger partial charge in [0.2, 0.25) is 0 Å². The third-order valence-electron chi connectivity index (χ3n) is 3.78. The van der Waals surface area contributed by atoms with Gasteiger partial charge in [0.15, 0.2) is 5.11 Å². The van der Waals surface area contributed by atoms with Crippen LogP contribution in [0.2, 0.25) is 0 Å². The number of aryl methyl sites for hydroxylation is 1. The maximum Gasteiger partial charge on any atom is 0.416 e. The second-order valence-electron chi connectivity index (χ2n) is 5.53. The zero-order valence-electron chi connectivity index (χ0n) is 13.1. The normalized spacial score (nSPS) is 16.5. The maximum atomic E-state index is 12.6. The second-order valence-corrected chi connectivity index (χ2v) is 5.92. The average molecular weight is 362 g/mol. The molecule has 2 aromatic rings. The summed E-state index contributed by atoms with van der Waals surface area (Å²) in [4.78, 5) is 14.0. The highest BCUT2D eigenvalue weighted by molar-refractivity contribution is 7.80. The molecule has 0 saturated carbocycles. The highest BCUT2D eigenvalue weighted by Gasteiger charge is 2.33. The van der Waals surface area contributed by atoms with Gasteiger partial charge in [-0.25, -0.2) is 0 Å². The molecule has 1 aliphatic rings. The van der Waals surface area contributed by atoms with Crippen LogP contribution in [0.4, 0.5) is 18.9 Å². The predicted molar refractivity (Wildman–Crippen MR) is 93.8 cm³/mol. The molecule has 1 aliphatic heterocycles. The van der Waals surface area contributed by atoms with Crippen molar-refractivity contribution in [2.24, 2.45) is 0 Å². The molecule has 0 aliphatic carbocycles. The zero-order chi connectivity index (χ0) is 18.2. The van der Waals surface area contributed by atoms with Gasteiger partial charge < -0.3 is 5.32 Å². The first-order chi connectivity index (χ1) is 11.8. The molecule has 3 nitrogen and oxygen atoms in total. The first-order valence-electron chi connectivity index (χ1n) is 7.37. The number of benzene rings is 2. The van der Waals surface area contributed by atoms with Gasteiger partial charge in [0, 0.05) is 0 Å². The van der Waals surface area contributed by atoms with E-state index in [2.05, 4.69) is 5.32 Å². The molecule has 7 heteroatoms. The SMILES string of the molecule is Cc1ccccc1N1C(=O)/C(=C\c2ccc(C(F)(F)F)cc2)NC1=S. The number of nitrogens with one attached hydrogen (secondary N) is 1. The molecular formula is C18H13F3N2OS. The van der Waals surface area contributed by atoms with Crippen molar-refractivity contribution in [1.29, 1.82) is 0 Å². The summed E-state index contributed by atoms with van der Waals surface area (Å²) in [5, 5.41) is 3.05. The number of amides is 1. The van der Waals surface area contributed by atoms with E-state index >= 15 is 0 Å². The number of hydrogen-bond acceptors (Lipinski definition) is 2. The van der Waals surface area contributed by atoms with E-state index in [9.17, 15) is 18.0 Å². The van der Waals surface area contributed by atoms with Crippen LogP contribution in [0.1, 0.15) is 16.7 Å². The summed E-state index contributed by atoms with van der Waals surface area (Å²) in [6.07, 6.45) is -2.91. The molecule has 1 saturated heterocycles. The molecule has 128 valence electrons. The monoisotopic (exact) mass is 362 g/mol. The molecule has 25 heavy (non-hydrogen) atoms. The highest BCUT2D eigenvalue weighted by Crippen LogP contribution is 2.30.